The van der Waals surface area contributed by atoms with Crippen molar-refractivity contribution in [2.75, 3.05) is 23.0 Å². The van der Waals surface area contributed by atoms with Crippen LogP contribution in [0.2, 0.25) is 0 Å². The number of rotatable bonds is 15. The van der Waals surface area contributed by atoms with Gasteiger partial charge in [0.25, 0.3) is 0 Å². The predicted molar refractivity (Wildman–Crippen MR) is 92.2 cm³/mol. The molecule has 18 heavy (non-hydrogen) atoms. The minimum Gasteiger partial charge on any atom is -0.162 e. The van der Waals surface area contributed by atoms with E-state index in [1.54, 1.807) is 0 Å². The van der Waals surface area contributed by atoms with Crippen molar-refractivity contribution in [2.45, 2.75) is 78.1 Å². The zero-order valence-electron chi connectivity index (χ0n) is 12.7. The Hall–Kier alpha value is 0.700. The maximum absolute atomic E-state index is 2.29. The smallest absolute Gasteiger partial charge is 0.00672 e. The van der Waals surface area contributed by atoms with Crippen LogP contribution in [0, 0.1) is 0 Å². The van der Waals surface area contributed by atoms with Gasteiger partial charge in [0.1, 0.15) is 0 Å². The van der Waals surface area contributed by atoms with E-state index in [-0.39, 0.29) is 0 Å². The molecule has 0 aliphatic carbocycles. The molecular weight excluding hydrogens is 256 g/mol. The Morgan fingerprint density at radius 1 is 0.444 bits per heavy atom. The second-order valence-electron chi connectivity index (χ2n) is 5.05. The highest BCUT2D eigenvalue weighted by molar-refractivity contribution is 7.99. The van der Waals surface area contributed by atoms with Crippen LogP contribution in [0.5, 0.6) is 0 Å². The molecular formula is C16H34S2. The van der Waals surface area contributed by atoms with Gasteiger partial charge < -0.3 is 0 Å². The third-order valence-electron chi connectivity index (χ3n) is 3.11. The van der Waals surface area contributed by atoms with Crippen LogP contribution in [0.4, 0.5) is 0 Å². The van der Waals surface area contributed by atoms with Crippen LogP contribution in [0.3, 0.4) is 0 Å². The van der Waals surface area contributed by atoms with Gasteiger partial charge >= 0.3 is 0 Å². The van der Waals surface area contributed by atoms with Crippen molar-refractivity contribution in [1.29, 1.82) is 0 Å². The summed E-state index contributed by atoms with van der Waals surface area (Å²) in [4.78, 5) is 0. The van der Waals surface area contributed by atoms with Gasteiger partial charge in [-0.05, 0) is 48.7 Å². The molecule has 0 saturated carbocycles. The normalized spacial score (nSPS) is 11.0. The standard InChI is InChI=1S/C16H34S2/c1-3-5-7-8-9-10-14-18-16-12-11-15-17-13-6-4-2/h3-16H2,1-2H3. The lowest BCUT2D eigenvalue weighted by Crippen LogP contribution is -1.88. The third-order valence-corrected chi connectivity index (χ3v) is 5.42. The Morgan fingerprint density at radius 3 is 1.39 bits per heavy atom. The highest BCUT2D eigenvalue weighted by Crippen LogP contribution is 2.13. The van der Waals surface area contributed by atoms with Gasteiger partial charge in [0.05, 0.1) is 0 Å². The Bertz CT molecular complexity index is 121. The van der Waals surface area contributed by atoms with Crippen LogP contribution in [0.15, 0.2) is 0 Å². The molecule has 0 atom stereocenters. The van der Waals surface area contributed by atoms with Gasteiger partial charge in [0.2, 0.25) is 0 Å². The van der Waals surface area contributed by atoms with Gasteiger partial charge in [-0.25, -0.2) is 0 Å². The summed E-state index contributed by atoms with van der Waals surface area (Å²) in [6.45, 7) is 4.57. The van der Waals surface area contributed by atoms with Crippen molar-refractivity contribution >= 4 is 23.5 Å². The number of hydrogen-bond donors (Lipinski definition) is 0. The van der Waals surface area contributed by atoms with Gasteiger partial charge in [-0.15, -0.1) is 0 Å². The van der Waals surface area contributed by atoms with Crippen LogP contribution in [0.1, 0.15) is 78.1 Å². The minimum atomic E-state index is 1.35. The average molecular weight is 291 g/mol. The third kappa shape index (κ3) is 16.7. The van der Waals surface area contributed by atoms with Crippen LogP contribution >= 0.6 is 23.5 Å². The van der Waals surface area contributed by atoms with E-state index in [1.165, 1.54) is 87.2 Å². The SMILES string of the molecule is CCCCCCCCSCCCCSCCCC. The first kappa shape index (κ1) is 18.7. The van der Waals surface area contributed by atoms with Crippen molar-refractivity contribution in [2.24, 2.45) is 0 Å². The fourth-order valence-electron chi connectivity index (χ4n) is 1.84. The average Bonchev–Trinajstić information content (AvgIpc) is 2.39. The summed E-state index contributed by atoms with van der Waals surface area (Å²) < 4.78 is 0. The number of thioether (sulfide) groups is 2. The zero-order chi connectivity index (χ0) is 13.3. The monoisotopic (exact) mass is 290 g/mol. The molecule has 0 unspecified atom stereocenters. The largest absolute Gasteiger partial charge is 0.162 e. The van der Waals surface area contributed by atoms with E-state index in [0.29, 0.717) is 0 Å². The topological polar surface area (TPSA) is 0 Å². The zero-order valence-corrected chi connectivity index (χ0v) is 14.3. The first-order chi connectivity index (χ1) is 8.91. The molecule has 0 rings (SSSR count). The summed E-state index contributed by atoms with van der Waals surface area (Å²) in [6.07, 6.45) is 14.2. The van der Waals surface area contributed by atoms with Crippen molar-refractivity contribution in [3.05, 3.63) is 0 Å². The highest BCUT2D eigenvalue weighted by atomic mass is 32.2. The van der Waals surface area contributed by atoms with Crippen molar-refractivity contribution < 1.29 is 0 Å². The molecule has 2 heteroatoms. The molecule has 0 aromatic heterocycles. The molecule has 0 bridgehead atoms. The molecule has 0 nitrogen and oxygen atoms in total. The molecule has 0 aliphatic rings. The van der Waals surface area contributed by atoms with Gasteiger partial charge in [-0.1, -0.05) is 52.4 Å². The van der Waals surface area contributed by atoms with E-state index >= 15 is 0 Å². The lowest BCUT2D eigenvalue weighted by molar-refractivity contribution is 0.627. The summed E-state index contributed by atoms with van der Waals surface area (Å²) >= 11 is 4.32. The summed E-state index contributed by atoms with van der Waals surface area (Å²) in [5, 5.41) is 0. The quantitative estimate of drug-likeness (QED) is 0.320. The van der Waals surface area contributed by atoms with Crippen LogP contribution in [-0.4, -0.2) is 23.0 Å². The van der Waals surface area contributed by atoms with E-state index in [4.69, 9.17) is 0 Å². The Morgan fingerprint density at radius 2 is 0.833 bits per heavy atom. The number of hydrogen-bond acceptors (Lipinski definition) is 2. The molecule has 0 aromatic carbocycles. The summed E-state index contributed by atoms with van der Waals surface area (Å²) in [7, 11) is 0. The Kier molecular flexibility index (Phi) is 18.4. The van der Waals surface area contributed by atoms with Gasteiger partial charge in [0, 0.05) is 0 Å². The molecule has 0 fully saturated rings. The summed E-state index contributed by atoms with van der Waals surface area (Å²) in [5.41, 5.74) is 0. The van der Waals surface area contributed by atoms with Gasteiger partial charge in [-0.2, -0.15) is 23.5 Å². The highest BCUT2D eigenvalue weighted by Gasteiger charge is 1.93. The lowest BCUT2D eigenvalue weighted by Gasteiger charge is -2.03. The molecule has 0 spiro atoms. The van der Waals surface area contributed by atoms with E-state index < -0.39 is 0 Å². The Labute approximate surface area is 124 Å². The summed E-state index contributed by atoms with van der Waals surface area (Å²) in [6, 6.07) is 0. The molecule has 0 aromatic rings. The van der Waals surface area contributed by atoms with E-state index in [2.05, 4.69) is 37.4 Å². The lowest BCUT2D eigenvalue weighted by atomic mass is 10.1. The first-order valence-corrected chi connectivity index (χ1v) is 10.4. The molecule has 0 N–H and O–H groups in total. The first-order valence-electron chi connectivity index (χ1n) is 8.07. The summed E-state index contributed by atoms with van der Waals surface area (Å²) in [5.74, 6) is 5.55. The Balaban J connectivity index is 2.86. The van der Waals surface area contributed by atoms with Gasteiger partial charge in [-0.3, -0.25) is 0 Å². The van der Waals surface area contributed by atoms with E-state index in [1.807, 2.05) is 0 Å². The maximum Gasteiger partial charge on any atom is -0.00672 e. The fourth-order valence-corrected chi connectivity index (χ4v) is 3.97. The van der Waals surface area contributed by atoms with Crippen molar-refractivity contribution in [3.63, 3.8) is 0 Å². The molecule has 0 aliphatic heterocycles. The molecule has 0 saturated heterocycles. The fraction of sp³-hybridized carbons (Fsp3) is 1.00. The van der Waals surface area contributed by atoms with E-state index in [9.17, 15) is 0 Å². The molecule has 0 amide bonds. The maximum atomic E-state index is 2.29. The van der Waals surface area contributed by atoms with Crippen LogP contribution < -0.4 is 0 Å². The van der Waals surface area contributed by atoms with Gasteiger partial charge in [0.15, 0.2) is 0 Å². The van der Waals surface area contributed by atoms with Crippen LogP contribution in [-0.2, 0) is 0 Å². The predicted octanol–water partition coefficient (Wildman–Crippen LogP) is 6.39. The van der Waals surface area contributed by atoms with Crippen molar-refractivity contribution in [3.8, 4) is 0 Å². The second kappa shape index (κ2) is 17.7. The second-order valence-corrected chi connectivity index (χ2v) is 7.50. The molecule has 110 valence electrons. The van der Waals surface area contributed by atoms with Crippen LogP contribution in [0.25, 0.3) is 0 Å². The molecule has 0 heterocycles. The minimum absolute atomic E-state index is 1.35. The van der Waals surface area contributed by atoms with Crippen molar-refractivity contribution in [1.82, 2.24) is 0 Å². The number of unbranched alkanes of at least 4 members (excludes halogenated alkanes) is 7. The van der Waals surface area contributed by atoms with E-state index in [0.717, 1.165) is 0 Å². The molecule has 0 radical (unpaired) electrons.